The molecule has 0 aliphatic heterocycles. The molecular weight excluding hydrogens is 154 g/mol. The van der Waals surface area contributed by atoms with Gasteiger partial charge < -0.3 is 4.57 Å². The van der Waals surface area contributed by atoms with E-state index < -0.39 is 0 Å². The molecule has 0 unspecified atom stereocenters. The Bertz CT molecular complexity index is 314. The van der Waals surface area contributed by atoms with E-state index in [0.29, 0.717) is 11.5 Å². The highest BCUT2D eigenvalue weighted by atomic mass is 16.1. The van der Waals surface area contributed by atoms with Crippen molar-refractivity contribution >= 4 is 11.9 Å². The molecule has 64 valence electrons. The van der Waals surface area contributed by atoms with Gasteiger partial charge in [0.05, 0.1) is 0 Å². The van der Waals surface area contributed by atoms with Crippen LogP contribution in [-0.2, 0) is 11.8 Å². The molecule has 0 bridgehead atoms. The molecule has 1 rings (SSSR count). The van der Waals surface area contributed by atoms with Crippen LogP contribution in [0.2, 0.25) is 0 Å². The second-order valence-corrected chi connectivity index (χ2v) is 2.60. The maximum absolute atomic E-state index is 11.1. The van der Waals surface area contributed by atoms with Crippen LogP contribution in [0.15, 0.2) is 24.5 Å². The number of aromatic nitrogens is 2. The van der Waals surface area contributed by atoms with E-state index in [1.165, 1.54) is 0 Å². The maximum Gasteiger partial charge on any atom is 0.253 e. The van der Waals surface area contributed by atoms with E-state index in [1.54, 1.807) is 30.9 Å². The number of aryl methyl sites for hydroxylation is 1. The minimum absolute atomic E-state index is 0.204. The molecule has 1 amide bonds. The number of nitrogens with zero attached hydrogens (tertiary/aromatic N) is 2. The van der Waals surface area contributed by atoms with E-state index >= 15 is 0 Å². The quantitative estimate of drug-likeness (QED) is 0.663. The zero-order valence-electron chi connectivity index (χ0n) is 7.16. The zero-order chi connectivity index (χ0) is 9.14. The molecule has 1 N–H and O–H groups in total. The molecule has 0 aliphatic carbocycles. The van der Waals surface area contributed by atoms with Crippen LogP contribution >= 0.6 is 0 Å². The molecule has 4 nitrogen and oxygen atoms in total. The van der Waals surface area contributed by atoms with Gasteiger partial charge in [0.25, 0.3) is 5.91 Å². The van der Waals surface area contributed by atoms with Gasteiger partial charge in [-0.15, -0.1) is 0 Å². The van der Waals surface area contributed by atoms with Gasteiger partial charge >= 0.3 is 0 Å². The third kappa shape index (κ3) is 1.72. The van der Waals surface area contributed by atoms with Gasteiger partial charge in [0.15, 0.2) is 0 Å². The first kappa shape index (κ1) is 8.52. The van der Waals surface area contributed by atoms with E-state index in [1.807, 2.05) is 0 Å². The fourth-order valence-electron chi connectivity index (χ4n) is 0.694. The lowest BCUT2D eigenvalue weighted by atomic mass is 10.3. The zero-order valence-corrected chi connectivity index (χ0v) is 7.16. The van der Waals surface area contributed by atoms with Crippen molar-refractivity contribution in [2.45, 2.75) is 6.92 Å². The summed E-state index contributed by atoms with van der Waals surface area (Å²) in [5.41, 5.74) is 0.470. The highest BCUT2D eigenvalue weighted by molar-refractivity contribution is 6.01. The van der Waals surface area contributed by atoms with Crippen LogP contribution in [0.5, 0.6) is 0 Å². The predicted molar refractivity (Wildman–Crippen MR) is 46.7 cm³/mol. The Morgan fingerprint density at radius 2 is 2.42 bits per heavy atom. The minimum atomic E-state index is -0.204. The van der Waals surface area contributed by atoms with Crippen molar-refractivity contribution in [1.82, 2.24) is 9.55 Å². The van der Waals surface area contributed by atoms with Crippen LogP contribution in [0.4, 0.5) is 5.95 Å². The van der Waals surface area contributed by atoms with Crippen molar-refractivity contribution in [2.75, 3.05) is 5.32 Å². The van der Waals surface area contributed by atoms with Crippen LogP contribution in [-0.4, -0.2) is 15.5 Å². The summed E-state index contributed by atoms with van der Waals surface area (Å²) in [6, 6.07) is 0. The molecule has 0 aliphatic rings. The number of nitrogens with one attached hydrogen (secondary N) is 1. The van der Waals surface area contributed by atoms with Crippen molar-refractivity contribution in [1.29, 1.82) is 0 Å². The van der Waals surface area contributed by atoms with E-state index in [2.05, 4.69) is 16.9 Å². The third-order valence-corrected chi connectivity index (χ3v) is 1.43. The monoisotopic (exact) mass is 165 g/mol. The molecule has 0 saturated carbocycles. The highest BCUT2D eigenvalue weighted by Gasteiger charge is 2.04. The molecule has 1 heterocycles. The smallest absolute Gasteiger partial charge is 0.253 e. The fourth-order valence-corrected chi connectivity index (χ4v) is 0.694. The molecule has 0 aromatic carbocycles. The van der Waals surface area contributed by atoms with Crippen molar-refractivity contribution in [3.63, 3.8) is 0 Å². The first-order valence-corrected chi connectivity index (χ1v) is 3.55. The summed E-state index contributed by atoms with van der Waals surface area (Å²) in [5.74, 6) is 0.326. The summed E-state index contributed by atoms with van der Waals surface area (Å²) < 4.78 is 1.72. The maximum atomic E-state index is 11.1. The Labute approximate surface area is 70.9 Å². The normalized spacial score (nSPS) is 9.50. The standard InChI is InChI=1S/C8H11N3O/c1-6(2)7(12)10-8-9-4-5-11(8)3/h4-5H,1H2,2-3H3,(H,9,10,12). The van der Waals surface area contributed by atoms with Gasteiger partial charge in [0.2, 0.25) is 5.95 Å². The number of carbonyl (C=O) groups excluding carboxylic acids is 1. The average Bonchev–Trinajstić information content (AvgIpc) is 2.36. The van der Waals surface area contributed by atoms with E-state index in [9.17, 15) is 4.79 Å². The minimum Gasteiger partial charge on any atom is -0.320 e. The van der Waals surface area contributed by atoms with Crippen molar-refractivity contribution in [3.8, 4) is 0 Å². The highest BCUT2D eigenvalue weighted by Crippen LogP contribution is 2.02. The lowest BCUT2D eigenvalue weighted by molar-refractivity contribution is -0.112. The molecule has 1 aromatic heterocycles. The number of imidazole rings is 1. The molecule has 0 saturated heterocycles. The summed E-state index contributed by atoms with van der Waals surface area (Å²) in [7, 11) is 1.81. The summed E-state index contributed by atoms with van der Waals surface area (Å²) in [6.07, 6.45) is 3.38. The fraction of sp³-hybridized carbons (Fsp3) is 0.250. The first-order chi connectivity index (χ1) is 5.61. The molecule has 12 heavy (non-hydrogen) atoms. The van der Waals surface area contributed by atoms with Gasteiger partial charge in [-0.3, -0.25) is 10.1 Å². The molecule has 4 heteroatoms. The Morgan fingerprint density at radius 3 is 2.83 bits per heavy atom. The van der Waals surface area contributed by atoms with Crippen molar-refractivity contribution in [3.05, 3.63) is 24.5 Å². The number of rotatable bonds is 2. The molecular formula is C8H11N3O. The number of hydrogen-bond donors (Lipinski definition) is 1. The van der Waals surface area contributed by atoms with E-state index in [4.69, 9.17) is 0 Å². The van der Waals surface area contributed by atoms with Crippen molar-refractivity contribution in [2.24, 2.45) is 7.05 Å². The lowest BCUT2D eigenvalue weighted by Gasteiger charge is -2.02. The van der Waals surface area contributed by atoms with Gasteiger partial charge in [-0.25, -0.2) is 4.98 Å². The van der Waals surface area contributed by atoms with Gasteiger partial charge in [0.1, 0.15) is 0 Å². The van der Waals surface area contributed by atoms with Crippen LogP contribution in [0.3, 0.4) is 0 Å². The molecule has 0 radical (unpaired) electrons. The number of anilines is 1. The third-order valence-electron chi connectivity index (χ3n) is 1.43. The average molecular weight is 165 g/mol. The van der Waals surface area contributed by atoms with Gasteiger partial charge in [-0.1, -0.05) is 6.58 Å². The van der Waals surface area contributed by atoms with Crippen molar-refractivity contribution < 1.29 is 4.79 Å². The molecule has 0 atom stereocenters. The Kier molecular flexibility index (Phi) is 2.28. The SMILES string of the molecule is C=C(C)C(=O)Nc1nccn1C. The second kappa shape index (κ2) is 3.21. The van der Waals surface area contributed by atoms with Crippen LogP contribution in [0.25, 0.3) is 0 Å². The Hall–Kier alpha value is -1.58. The summed E-state index contributed by atoms with van der Waals surface area (Å²) in [5, 5.41) is 2.60. The summed E-state index contributed by atoms with van der Waals surface area (Å²) >= 11 is 0. The summed E-state index contributed by atoms with van der Waals surface area (Å²) in [4.78, 5) is 15.0. The van der Waals surface area contributed by atoms with Gasteiger partial charge in [-0.2, -0.15) is 0 Å². The molecule has 1 aromatic rings. The largest absolute Gasteiger partial charge is 0.320 e. The van der Waals surface area contributed by atoms with Gasteiger partial charge in [0, 0.05) is 25.0 Å². The van der Waals surface area contributed by atoms with Crippen LogP contribution < -0.4 is 5.32 Å². The summed E-state index contributed by atoms with van der Waals surface area (Å²) in [6.45, 7) is 5.17. The predicted octanol–water partition coefficient (Wildman–Crippen LogP) is 0.935. The van der Waals surface area contributed by atoms with Crippen LogP contribution in [0, 0.1) is 0 Å². The lowest BCUT2D eigenvalue weighted by Crippen LogP contribution is -2.14. The number of hydrogen-bond acceptors (Lipinski definition) is 2. The second-order valence-electron chi connectivity index (χ2n) is 2.60. The molecule has 0 fully saturated rings. The first-order valence-electron chi connectivity index (χ1n) is 3.55. The van der Waals surface area contributed by atoms with Crippen LogP contribution in [0.1, 0.15) is 6.92 Å². The van der Waals surface area contributed by atoms with E-state index in [0.717, 1.165) is 0 Å². The Morgan fingerprint density at radius 1 is 1.75 bits per heavy atom. The molecule has 0 spiro atoms. The Balaban J connectivity index is 2.71. The number of amides is 1. The number of carbonyl (C=O) groups is 1. The van der Waals surface area contributed by atoms with Gasteiger partial charge in [-0.05, 0) is 6.92 Å². The topological polar surface area (TPSA) is 46.9 Å². The van der Waals surface area contributed by atoms with E-state index in [-0.39, 0.29) is 5.91 Å².